The van der Waals surface area contributed by atoms with Crippen molar-refractivity contribution in [2.75, 3.05) is 0 Å². The highest BCUT2D eigenvalue weighted by Gasteiger charge is 2.01. The third kappa shape index (κ3) is 2.19. The molecule has 0 atom stereocenters. The Morgan fingerprint density at radius 1 is 1.33 bits per heavy atom. The summed E-state index contributed by atoms with van der Waals surface area (Å²) in [6.45, 7) is 3.94. The summed E-state index contributed by atoms with van der Waals surface area (Å²) in [5.74, 6) is 0.310. The van der Waals surface area contributed by atoms with Crippen LogP contribution in [0.15, 0.2) is 24.3 Å². The smallest absolute Gasteiger partial charge is 0.137 e. The minimum Gasteiger partial charge on any atom is -0.299 e. The van der Waals surface area contributed by atoms with E-state index in [0.29, 0.717) is 18.6 Å². The van der Waals surface area contributed by atoms with Gasteiger partial charge in [0.25, 0.3) is 0 Å². The van der Waals surface area contributed by atoms with Gasteiger partial charge in [0.1, 0.15) is 5.78 Å². The molecule has 0 aromatic heterocycles. The SMILES string of the molecule is CCC(=O)Cc1ccccc1C. The van der Waals surface area contributed by atoms with Gasteiger partial charge in [0.15, 0.2) is 0 Å². The van der Waals surface area contributed by atoms with Gasteiger partial charge in [-0.2, -0.15) is 0 Å². The van der Waals surface area contributed by atoms with Crippen LogP contribution in [0.25, 0.3) is 0 Å². The molecule has 0 saturated heterocycles. The number of ketones is 1. The third-order valence-electron chi connectivity index (χ3n) is 2.04. The molecule has 1 aromatic carbocycles. The van der Waals surface area contributed by atoms with Crippen LogP contribution in [0.2, 0.25) is 0 Å². The van der Waals surface area contributed by atoms with Crippen LogP contribution in [0.4, 0.5) is 0 Å². The molecule has 0 aliphatic rings. The van der Waals surface area contributed by atoms with E-state index in [9.17, 15) is 4.79 Å². The van der Waals surface area contributed by atoms with E-state index in [4.69, 9.17) is 0 Å². The Morgan fingerprint density at radius 2 is 2.00 bits per heavy atom. The van der Waals surface area contributed by atoms with E-state index >= 15 is 0 Å². The molecule has 0 aliphatic heterocycles. The van der Waals surface area contributed by atoms with Crippen molar-refractivity contribution in [3.8, 4) is 0 Å². The fourth-order valence-electron chi connectivity index (χ4n) is 1.15. The van der Waals surface area contributed by atoms with Crippen molar-refractivity contribution in [3.05, 3.63) is 35.4 Å². The molecule has 1 heteroatoms. The number of hydrogen-bond acceptors (Lipinski definition) is 1. The van der Waals surface area contributed by atoms with Gasteiger partial charge in [0.2, 0.25) is 0 Å². The zero-order valence-corrected chi connectivity index (χ0v) is 7.63. The molecular weight excluding hydrogens is 148 g/mol. The summed E-state index contributed by atoms with van der Waals surface area (Å²) in [5, 5.41) is 0. The number of benzene rings is 1. The molecule has 0 bridgehead atoms. The van der Waals surface area contributed by atoms with Gasteiger partial charge in [-0.05, 0) is 18.1 Å². The normalized spacial score (nSPS) is 9.83. The fourth-order valence-corrected chi connectivity index (χ4v) is 1.15. The largest absolute Gasteiger partial charge is 0.299 e. The first-order valence-corrected chi connectivity index (χ1v) is 4.30. The quantitative estimate of drug-likeness (QED) is 0.667. The molecule has 0 radical (unpaired) electrons. The van der Waals surface area contributed by atoms with E-state index in [1.54, 1.807) is 0 Å². The molecule has 0 spiro atoms. The summed E-state index contributed by atoms with van der Waals surface area (Å²) in [6, 6.07) is 8.03. The maximum atomic E-state index is 11.1. The van der Waals surface area contributed by atoms with Gasteiger partial charge in [-0.1, -0.05) is 31.2 Å². The number of carbonyl (C=O) groups excluding carboxylic acids is 1. The molecule has 64 valence electrons. The Kier molecular flexibility index (Phi) is 3.03. The predicted molar refractivity (Wildman–Crippen MR) is 50.2 cm³/mol. The second-order valence-electron chi connectivity index (χ2n) is 3.00. The summed E-state index contributed by atoms with van der Waals surface area (Å²) in [7, 11) is 0. The van der Waals surface area contributed by atoms with Gasteiger partial charge in [-0.25, -0.2) is 0 Å². The lowest BCUT2D eigenvalue weighted by molar-refractivity contribution is -0.118. The van der Waals surface area contributed by atoms with E-state index in [1.807, 2.05) is 38.1 Å². The van der Waals surface area contributed by atoms with Crippen molar-refractivity contribution in [1.82, 2.24) is 0 Å². The third-order valence-corrected chi connectivity index (χ3v) is 2.04. The first kappa shape index (κ1) is 8.98. The van der Waals surface area contributed by atoms with Crippen LogP contribution >= 0.6 is 0 Å². The van der Waals surface area contributed by atoms with Gasteiger partial charge in [0.05, 0.1) is 0 Å². The van der Waals surface area contributed by atoms with Crippen molar-refractivity contribution in [2.45, 2.75) is 26.7 Å². The molecule has 0 fully saturated rings. The van der Waals surface area contributed by atoms with E-state index in [2.05, 4.69) is 0 Å². The van der Waals surface area contributed by atoms with Crippen molar-refractivity contribution >= 4 is 5.78 Å². The zero-order valence-electron chi connectivity index (χ0n) is 7.63. The van der Waals surface area contributed by atoms with Gasteiger partial charge in [-0.3, -0.25) is 4.79 Å². The van der Waals surface area contributed by atoms with E-state index in [-0.39, 0.29) is 0 Å². The lowest BCUT2D eigenvalue weighted by Crippen LogP contribution is -2.01. The molecule has 1 aromatic rings. The molecule has 0 aliphatic carbocycles. The Bertz CT molecular complexity index is 276. The predicted octanol–water partition coefficient (Wildman–Crippen LogP) is 2.52. The monoisotopic (exact) mass is 162 g/mol. The summed E-state index contributed by atoms with van der Waals surface area (Å²) >= 11 is 0. The van der Waals surface area contributed by atoms with Gasteiger partial charge in [-0.15, -0.1) is 0 Å². The van der Waals surface area contributed by atoms with Crippen LogP contribution in [0, 0.1) is 6.92 Å². The second kappa shape index (κ2) is 4.05. The number of hydrogen-bond donors (Lipinski definition) is 0. The van der Waals surface area contributed by atoms with E-state index in [0.717, 1.165) is 5.56 Å². The molecule has 0 amide bonds. The molecule has 1 rings (SSSR count). The van der Waals surface area contributed by atoms with Crippen LogP contribution in [0.5, 0.6) is 0 Å². The van der Waals surface area contributed by atoms with Crippen LogP contribution < -0.4 is 0 Å². The standard InChI is InChI=1S/C11H14O/c1-3-11(12)8-10-7-5-4-6-9(10)2/h4-7H,3,8H2,1-2H3. The molecule has 0 saturated carbocycles. The van der Waals surface area contributed by atoms with Crippen LogP contribution in [-0.4, -0.2) is 5.78 Å². The van der Waals surface area contributed by atoms with Gasteiger partial charge in [0, 0.05) is 12.8 Å². The highest BCUT2D eigenvalue weighted by molar-refractivity contribution is 5.80. The van der Waals surface area contributed by atoms with Crippen molar-refractivity contribution < 1.29 is 4.79 Å². The Hall–Kier alpha value is -1.11. The van der Waals surface area contributed by atoms with Crippen LogP contribution in [0.3, 0.4) is 0 Å². The van der Waals surface area contributed by atoms with Crippen molar-refractivity contribution in [1.29, 1.82) is 0 Å². The van der Waals surface area contributed by atoms with Crippen molar-refractivity contribution in [3.63, 3.8) is 0 Å². The summed E-state index contributed by atoms with van der Waals surface area (Å²) in [6.07, 6.45) is 1.22. The highest BCUT2D eigenvalue weighted by Crippen LogP contribution is 2.08. The zero-order chi connectivity index (χ0) is 8.97. The number of Topliss-reactive ketones (excluding diaryl/α,β-unsaturated/α-hetero) is 1. The van der Waals surface area contributed by atoms with Crippen molar-refractivity contribution in [2.24, 2.45) is 0 Å². The lowest BCUT2D eigenvalue weighted by Gasteiger charge is -2.02. The topological polar surface area (TPSA) is 17.1 Å². The molecule has 0 N–H and O–H groups in total. The van der Waals surface area contributed by atoms with Gasteiger partial charge < -0.3 is 0 Å². The Labute approximate surface area is 73.4 Å². The van der Waals surface area contributed by atoms with Gasteiger partial charge >= 0.3 is 0 Å². The molecular formula is C11H14O. The Morgan fingerprint density at radius 3 is 2.58 bits per heavy atom. The minimum absolute atomic E-state index is 0.310. The number of carbonyl (C=O) groups is 1. The first-order chi connectivity index (χ1) is 5.74. The second-order valence-corrected chi connectivity index (χ2v) is 3.00. The average molecular weight is 162 g/mol. The van der Waals surface area contributed by atoms with Crippen LogP contribution in [0.1, 0.15) is 24.5 Å². The number of rotatable bonds is 3. The Balaban J connectivity index is 2.75. The maximum absolute atomic E-state index is 11.1. The first-order valence-electron chi connectivity index (χ1n) is 4.30. The summed E-state index contributed by atoms with van der Waals surface area (Å²) in [5.41, 5.74) is 2.36. The number of aryl methyl sites for hydroxylation is 1. The average Bonchev–Trinajstić information content (AvgIpc) is 2.09. The molecule has 0 unspecified atom stereocenters. The lowest BCUT2D eigenvalue weighted by atomic mass is 10.0. The summed E-state index contributed by atoms with van der Waals surface area (Å²) < 4.78 is 0. The highest BCUT2D eigenvalue weighted by atomic mass is 16.1. The summed E-state index contributed by atoms with van der Waals surface area (Å²) in [4.78, 5) is 11.1. The molecule has 1 nitrogen and oxygen atoms in total. The maximum Gasteiger partial charge on any atom is 0.137 e. The minimum atomic E-state index is 0.310. The molecule has 0 heterocycles. The van der Waals surface area contributed by atoms with E-state index in [1.165, 1.54) is 5.56 Å². The fraction of sp³-hybridized carbons (Fsp3) is 0.364. The molecule has 12 heavy (non-hydrogen) atoms. The van der Waals surface area contributed by atoms with E-state index < -0.39 is 0 Å². The van der Waals surface area contributed by atoms with Crippen LogP contribution in [-0.2, 0) is 11.2 Å².